The molecule has 8 heteroatoms. The molecule has 1 aliphatic heterocycles. The van der Waals surface area contributed by atoms with Gasteiger partial charge in [0.25, 0.3) is 0 Å². The molecular formula is C12H15F3N2O3. The van der Waals surface area contributed by atoms with Gasteiger partial charge >= 0.3 is 18.2 Å². The van der Waals surface area contributed by atoms with Crippen LogP contribution in [0.25, 0.3) is 0 Å². The van der Waals surface area contributed by atoms with Crippen molar-refractivity contribution in [1.29, 1.82) is 0 Å². The highest BCUT2D eigenvalue weighted by Gasteiger charge is 2.53. The largest absolute Gasteiger partial charge is 0.481 e. The van der Waals surface area contributed by atoms with Crippen LogP contribution in [0.2, 0.25) is 0 Å². The number of carboxylic acids is 1. The first-order chi connectivity index (χ1) is 9.27. The molecule has 0 aromatic carbocycles. The molecule has 1 aliphatic rings. The molecule has 0 unspecified atom stereocenters. The van der Waals surface area contributed by atoms with Crippen molar-refractivity contribution in [3.63, 3.8) is 0 Å². The average Bonchev–Trinajstić information content (AvgIpc) is 2.79. The summed E-state index contributed by atoms with van der Waals surface area (Å²) in [7, 11) is 0. The minimum Gasteiger partial charge on any atom is -0.481 e. The molecule has 1 heterocycles. The Balaban J connectivity index is 2.63. The molecular weight excluding hydrogens is 277 g/mol. The standard InChI is InChI=1S/C12H15F3N2O3/c1-2-3-4-5-16-11(20)17-6-8(10(18)19)9(7-17)12(13,14)15/h8-9H,4-7H2,1H3,(H,16,20)(H,18,19)/t8-,9-/m1/s1. The molecule has 1 rings (SSSR count). The van der Waals surface area contributed by atoms with E-state index in [4.69, 9.17) is 5.11 Å². The third-order valence-electron chi connectivity index (χ3n) is 3.05. The van der Waals surface area contributed by atoms with Crippen molar-refractivity contribution in [3.05, 3.63) is 0 Å². The summed E-state index contributed by atoms with van der Waals surface area (Å²) >= 11 is 0. The number of alkyl halides is 3. The summed E-state index contributed by atoms with van der Waals surface area (Å²) in [6.07, 6.45) is -4.24. The van der Waals surface area contributed by atoms with Crippen LogP contribution < -0.4 is 5.32 Å². The predicted octanol–water partition coefficient (Wildman–Crippen LogP) is 1.30. The van der Waals surface area contributed by atoms with Crippen molar-refractivity contribution in [2.75, 3.05) is 19.6 Å². The van der Waals surface area contributed by atoms with Gasteiger partial charge in [0.05, 0.1) is 11.8 Å². The lowest BCUT2D eigenvalue weighted by atomic mass is 9.96. The molecule has 2 atom stereocenters. The van der Waals surface area contributed by atoms with Crippen molar-refractivity contribution in [2.45, 2.75) is 19.5 Å². The van der Waals surface area contributed by atoms with E-state index in [1.807, 2.05) is 0 Å². The van der Waals surface area contributed by atoms with E-state index in [1.165, 1.54) is 0 Å². The molecule has 0 saturated carbocycles. The van der Waals surface area contributed by atoms with Gasteiger partial charge in [-0.25, -0.2) is 4.79 Å². The van der Waals surface area contributed by atoms with E-state index < -0.39 is 43.1 Å². The highest BCUT2D eigenvalue weighted by molar-refractivity contribution is 5.77. The van der Waals surface area contributed by atoms with Crippen LogP contribution >= 0.6 is 0 Å². The van der Waals surface area contributed by atoms with Gasteiger partial charge in [0.15, 0.2) is 0 Å². The second-order valence-corrected chi connectivity index (χ2v) is 4.41. The first-order valence-corrected chi connectivity index (χ1v) is 5.99. The molecule has 0 aliphatic carbocycles. The summed E-state index contributed by atoms with van der Waals surface area (Å²) in [5.74, 6) is 0.132. The number of carbonyl (C=O) groups is 2. The lowest BCUT2D eigenvalue weighted by Gasteiger charge is -2.18. The Bertz CT molecular complexity index is 439. The van der Waals surface area contributed by atoms with Crippen LogP contribution in [-0.4, -0.2) is 47.8 Å². The molecule has 2 N–H and O–H groups in total. The first kappa shape index (κ1) is 16.1. The van der Waals surface area contributed by atoms with Crippen molar-refractivity contribution in [1.82, 2.24) is 10.2 Å². The van der Waals surface area contributed by atoms with Crippen LogP contribution in [0.4, 0.5) is 18.0 Å². The van der Waals surface area contributed by atoms with E-state index in [1.54, 1.807) is 6.92 Å². The van der Waals surface area contributed by atoms with Crippen LogP contribution in [-0.2, 0) is 4.79 Å². The fraction of sp³-hybridized carbons (Fsp3) is 0.667. The zero-order chi connectivity index (χ0) is 15.3. The number of rotatable bonds is 3. The number of hydrogen-bond acceptors (Lipinski definition) is 2. The average molecular weight is 292 g/mol. The normalized spacial score (nSPS) is 22.1. The lowest BCUT2D eigenvalue weighted by Crippen LogP contribution is -2.39. The summed E-state index contributed by atoms with van der Waals surface area (Å²) in [4.78, 5) is 23.4. The summed E-state index contributed by atoms with van der Waals surface area (Å²) in [5, 5.41) is 11.2. The van der Waals surface area contributed by atoms with E-state index in [-0.39, 0.29) is 6.54 Å². The van der Waals surface area contributed by atoms with Crippen LogP contribution in [0, 0.1) is 23.7 Å². The van der Waals surface area contributed by atoms with E-state index in [0.29, 0.717) is 6.42 Å². The first-order valence-electron chi connectivity index (χ1n) is 5.99. The van der Waals surface area contributed by atoms with Gasteiger partial charge in [-0.3, -0.25) is 4.79 Å². The Labute approximate surface area is 114 Å². The van der Waals surface area contributed by atoms with Gasteiger partial charge in [-0.2, -0.15) is 13.2 Å². The summed E-state index contributed by atoms with van der Waals surface area (Å²) in [6.45, 7) is 0.773. The van der Waals surface area contributed by atoms with Crippen molar-refractivity contribution in [2.24, 2.45) is 11.8 Å². The van der Waals surface area contributed by atoms with E-state index >= 15 is 0 Å². The molecule has 1 saturated heterocycles. The summed E-state index contributed by atoms with van der Waals surface area (Å²) in [6, 6.07) is -0.694. The number of carboxylic acid groups (broad SMARTS) is 1. The van der Waals surface area contributed by atoms with Crippen LogP contribution in [0.5, 0.6) is 0 Å². The second-order valence-electron chi connectivity index (χ2n) is 4.41. The smallest absolute Gasteiger partial charge is 0.394 e. The molecule has 0 radical (unpaired) electrons. The van der Waals surface area contributed by atoms with Gasteiger partial charge in [-0.05, 0) is 6.92 Å². The zero-order valence-electron chi connectivity index (χ0n) is 10.8. The Morgan fingerprint density at radius 3 is 2.50 bits per heavy atom. The summed E-state index contributed by atoms with van der Waals surface area (Å²) < 4.78 is 38.2. The topological polar surface area (TPSA) is 69.6 Å². The van der Waals surface area contributed by atoms with Crippen LogP contribution in [0.3, 0.4) is 0 Å². The Morgan fingerprint density at radius 2 is 2.05 bits per heavy atom. The van der Waals surface area contributed by atoms with E-state index in [9.17, 15) is 22.8 Å². The minimum absolute atomic E-state index is 0.213. The maximum absolute atomic E-state index is 12.7. The molecule has 5 nitrogen and oxygen atoms in total. The number of nitrogens with zero attached hydrogens (tertiary/aromatic N) is 1. The van der Waals surface area contributed by atoms with Crippen molar-refractivity contribution < 1.29 is 27.9 Å². The number of amides is 2. The molecule has 0 bridgehead atoms. The van der Waals surface area contributed by atoms with E-state index in [2.05, 4.69) is 17.2 Å². The summed E-state index contributed by atoms with van der Waals surface area (Å²) in [5.41, 5.74) is 0. The monoisotopic (exact) mass is 292 g/mol. The van der Waals surface area contributed by atoms with Gasteiger partial charge in [-0.15, -0.1) is 11.8 Å². The second kappa shape index (κ2) is 6.50. The Morgan fingerprint density at radius 1 is 1.40 bits per heavy atom. The molecule has 20 heavy (non-hydrogen) atoms. The number of likely N-dealkylation sites (tertiary alicyclic amines) is 1. The van der Waals surface area contributed by atoms with Crippen molar-refractivity contribution in [3.8, 4) is 11.8 Å². The van der Waals surface area contributed by atoms with Gasteiger partial charge < -0.3 is 15.3 Å². The molecule has 2 amide bonds. The number of aliphatic carboxylic acids is 1. The van der Waals surface area contributed by atoms with Gasteiger partial charge in [0.1, 0.15) is 0 Å². The fourth-order valence-corrected chi connectivity index (χ4v) is 2.02. The van der Waals surface area contributed by atoms with Crippen LogP contribution in [0.1, 0.15) is 13.3 Å². The number of halogens is 3. The van der Waals surface area contributed by atoms with Gasteiger partial charge in [0, 0.05) is 26.1 Å². The fourth-order valence-electron chi connectivity index (χ4n) is 2.02. The van der Waals surface area contributed by atoms with Gasteiger partial charge in [-0.1, -0.05) is 0 Å². The number of carbonyl (C=O) groups excluding carboxylic acids is 1. The molecule has 0 aromatic heterocycles. The molecule has 1 fully saturated rings. The molecule has 0 spiro atoms. The van der Waals surface area contributed by atoms with Crippen molar-refractivity contribution >= 4 is 12.0 Å². The lowest BCUT2D eigenvalue weighted by molar-refractivity contribution is -0.187. The third-order valence-corrected chi connectivity index (χ3v) is 3.05. The third kappa shape index (κ3) is 4.05. The minimum atomic E-state index is -4.63. The number of urea groups is 1. The number of nitrogens with one attached hydrogen (secondary N) is 1. The quantitative estimate of drug-likeness (QED) is 0.608. The Kier molecular flexibility index (Phi) is 5.25. The maximum atomic E-state index is 12.7. The highest BCUT2D eigenvalue weighted by atomic mass is 19.4. The number of hydrogen-bond donors (Lipinski definition) is 2. The molecule has 112 valence electrons. The zero-order valence-corrected chi connectivity index (χ0v) is 10.8. The Hall–Kier alpha value is -1.91. The molecule has 0 aromatic rings. The van der Waals surface area contributed by atoms with E-state index in [0.717, 1.165) is 4.90 Å². The maximum Gasteiger partial charge on any atom is 0.394 e. The SMILES string of the molecule is CC#CCCNC(=O)N1C[C@@H](C(F)(F)F)[C@H](C(=O)O)C1. The van der Waals surface area contributed by atoms with Gasteiger partial charge in [0.2, 0.25) is 0 Å². The van der Waals surface area contributed by atoms with Crippen LogP contribution in [0.15, 0.2) is 0 Å². The predicted molar refractivity (Wildman–Crippen MR) is 63.7 cm³/mol. The highest BCUT2D eigenvalue weighted by Crippen LogP contribution is 2.37.